The van der Waals surface area contributed by atoms with Crippen LogP contribution in [0.2, 0.25) is 0 Å². The first-order valence-corrected chi connectivity index (χ1v) is 6.06. The van der Waals surface area contributed by atoms with Gasteiger partial charge in [-0.2, -0.15) is 8.42 Å². The molecule has 2 heterocycles. The molecule has 17 heavy (non-hydrogen) atoms. The van der Waals surface area contributed by atoms with Gasteiger partial charge in [-0.15, -0.1) is 0 Å². The molecule has 2 aromatic heterocycles. The number of aromatic nitrogens is 4. The highest BCUT2D eigenvalue weighted by molar-refractivity contribution is 7.86. The maximum absolute atomic E-state index is 11.4. The maximum atomic E-state index is 11.4. The fraction of sp³-hybridized carbons (Fsp3) is 0.143. The summed E-state index contributed by atoms with van der Waals surface area (Å²) in [5.74, 6) is 0. The smallest absolute Gasteiger partial charge is 0.281 e. The average Bonchev–Trinajstić information content (AvgIpc) is 2.23. The Balaban J connectivity index is 2.88. The van der Waals surface area contributed by atoms with Crippen LogP contribution in [0.4, 0.5) is 0 Å². The lowest BCUT2D eigenvalue weighted by Gasteiger charge is -2.05. The standard InChI is InChI=1S/C7H6N4O5S/c1-17(14,15)16-11-5-4(8-2-3-9-5)6(12)10-7(11)13/h2-3H,1H3,(H,10,12,13). The largest absolute Gasteiger partial charge is 0.364 e. The van der Waals surface area contributed by atoms with Crippen molar-refractivity contribution < 1.29 is 12.7 Å². The molecular weight excluding hydrogens is 252 g/mol. The van der Waals surface area contributed by atoms with Gasteiger partial charge in [0.05, 0.1) is 6.26 Å². The number of H-pyrrole nitrogens is 1. The van der Waals surface area contributed by atoms with Crippen LogP contribution >= 0.6 is 0 Å². The third kappa shape index (κ3) is 2.15. The minimum atomic E-state index is -3.93. The van der Waals surface area contributed by atoms with Crippen molar-refractivity contribution >= 4 is 21.3 Å². The molecule has 0 bridgehead atoms. The lowest BCUT2D eigenvalue weighted by molar-refractivity contribution is 0.275. The molecule has 2 aromatic rings. The van der Waals surface area contributed by atoms with Crippen LogP contribution in [0.15, 0.2) is 22.0 Å². The highest BCUT2D eigenvalue weighted by Crippen LogP contribution is 1.98. The quantitative estimate of drug-likeness (QED) is 0.652. The van der Waals surface area contributed by atoms with Crippen LogP contribution in [-0.4, -0.2) is 34.4 Å². The van der Waals surface area contributed by atoms with Crippen LogP contribution in [0.5, 0.6) is 0 Å². The molecule has 0 radical (unpaired) electrons. The predicted octanol–water partition coefficient (Wildman–Crippen LogP) is -2.13. The van der Waals surface area contributed by atoms with Gasteiger partial charge in [-0.25, -0.2) is 14.8 Å². The van der Waals surface area contributed by atoms with E-state index in [1.807, 2.05) is 4.98 Å². The van der Waals surface area contributed by atoms with Crippen molar-refractivity contribution in [2.45, 2.75) is 0 Å². The summed E-state index contributed by atoms with van der Waals surface area (Å²) in [6.45, 7) is 0. The Morgan fingerprint density at radius 1 is 1.29 bits per heavy atom. The zero-order chi connectivity index (χ0) is 12.6. The Kier molecular flexibility index (Phi) is 2.42. The molecule has 0 saturated heterocycles. The zero-order valence-corrected chi connectivity index (χ0v) is 9.26. The molecule has 9 nitrogen and oxygen atoms in total. The molecule has 90 valence electrons. The van der Waals surface area contributed by atoms with E-state index in [2.05, 4.69) is 14.3 Å². The maximum Gasteiger partial charge on any atom is 0.364 e. The van der Waals surface area contributed by atoms with Gasteiger partial charge in [0.2, 0.25) is 5.65 Å². The van der Waals surface area contributed by atoms with Crippen LogP contribution in [-0.2, 0) is 10.1 Å². The first-order chi connectivity index (χ1) is 7.88. The fourth-order valence-corrected chi connectivity index (χ4v) is 1.56. The minimum absolute atomic E-state index is 0.198. The number of hydrogen-bond donors (Lipinski definition) is 1. The van der Waals surface area contributed by atoms with Crippen molar-refractivity contribution in [3.05, 3.63) is 33.2 Å². The van der Waals surface area contributed by atoms with Gasteiger partial charge in [-0.3, -0.25) is 14.1 Å². The lowest BCUT2D eigenvalue weighted by atomic mass is 10.5. The fourth-order valence-electron chi connectivity index (χ4n) is 1.15. The number of nitrogens with zero attached hydrogens (tertiary/aromatic N) is 3. The molecule has 0 aromatic carbocycles. The first-order valence-electron chi connectivity index (χ1n) is 4.24. The van der Waals surface area contributed by atoms with Gasteiger partial charge in [-0.05, 0) is 0 Å². The topological polar surface area (TPSA) is 124 Å². The summed E-state index contributed by atoms with van der Waals surface area (Å²) >= 11 is 0. The van der Waals surface area contributed by atoms with Crippen LogP contribution in [0.1, 0.15) is 0 Å². The van der Waals surface area contributed by atoms with Gasteiger partial charge in [0.1, 0.15) is 0 Å². The van der Waals surface area contributed by atoms with Crippen molar-refractivity contribution in [1.29, 1.82) is 0 Å². The summed E-state index contributed by atoms with van der Waals surface area (Å²) in [6, 6.07) is 0. The molecular formula is C7H6N4O5S. The van der Waals surface area contributed by atoms with Crippen LogP contribution in [0, 0.1) is 0 Å². The summed E-state index contributed by atoms with van der Waals surface area (Å²) < 4.78 is 26.7. The van der Waals surface area contributed by atoms with E-state index >= 15 is 0 Å². The Morgan fingerprint density at radius 3 is 2.59 bits per heavy atom. The Morgan fingerprint density at radius 2 is 1.94 bits per heavy atom. The van der Waals surface area contributed by atoms with E-state index in [4.69, 9.17) is 0 Å². The molecule has 0 aliphatic heterocycles. The monoisotopic (exact) mass is 258 g/mol. The van der Waals surface area contributed by atoms with Crippen LogP contribution < -0.4 is 15.5 Å². The van der Waals surface area contributed by atoms with E-state index < -0.39 is 21.4 Å². The molecule has 0 saturated carbocycles. The van der Waals surface area contributed by atoms with Crippen LogP contribution in [0.3, 0.4) is 0 Å². The summed E-state index contributed by atoms with van der Waals surface area (Å²) in [5.41, 5.74) is -2.29. The molecule has 0 aliphatic carbocycles. The van der Waals surface area contributed by atoms with E-state index in [9.17, 15) is 18.0 Å². The first kappa shape index (κ1) is 11.3. The lowest BCUT2D eigenvalue weighted by Crippen LogP contribution is -2.37. The molecule has 0 aliphatic rings. The molecule has 2 rings (SSSR count). The Hall–Kier alpha value is -2.23. The molecule has 0 spiro atoms. The summed E-state index contributed by atoms with van der Waals surface area (Å²) in [6.07, 6.45) is 3.18. The van der Waals surface area contributed by atoms with E-state index in [1.165, 1.54) is 12.4 Å². The number of hydrogen-bond acceptors (Lipinski definition) is 7. The van der Waals surface area contributed by atoms with Crippen molar-refractivity contribution in [3.63, 3.8) is 0 Å². The third-order valence-corrected chi connectivity index (χ3v) is 2.12. The number of aromatic amines is 1. The van der Waals surface area contributed by atoms with Gasteiger partial charge < -0.3 is 0 Å². The molecule has 10 heteroatoms. The van der Waals surface area contributed by atoms with Gasteiger partial charge >= 0.3 is 15.8 Å². The number of rotatable bonds is 2. The average molecular weight is 258 g/mol. The molecule has 0 amide bonds. The van der Waals surface area contributed by atoms with Gasteiger partial charge in [-0.1, -0.05) is 4.73 Å². The second-order valence-corrected chi connectivity index (χ2v) is 4.62. The predicted molar refractivity (Wildman–Crippen MR) is 55.8 cm³/mol. The summed E-state index contributed by atoms with van der Waals surface area (Å²) in [5, 5.41) is 0. The molecule has 0 unspecified atom stereocenters. The van der Waals surface area contributed by atoms with E-state index in [1.54, 1.807) is 0 Å². The van der Waals surface area contributed by atoms with E-state index in [0.717, 1.165) is 6.26 Å². The third-order valence-electron chi connectivity index (χ3n) is 1.70. The van der Waals surface area contributed by atoms with Crippen molar-refractivity contribution in [3.8, 4) is 0 Å². The Labute approximate surface area is 93.8 Å². The second-order valence-electron chi connectivity index (χ2n) is 3.06. The highest BCUT2D eigenvalue weighted by atomic mass is 32.2. The zero-order valence-electron chi connectivity index (χ0n) is 8.45. The Bertz CT molecular complexity index is 790. The number of nitrogens with one attached hydrogen (secondary N) is 1. The SMILES string of the molecule is CS(=O)(=O)On1c(=O)[nH]c(=O)c2nccnc21. The van der Waals surface area contributed by atoms with Gasteiger partial charge in [0, 0.05) is 12.4 Å². The van der Waals surface area contributed by atoms with Crippen molar-refractivity contribution in [1.82, 2.24) is 19.7 Å². The normalized spacial score (nSPS) is 11.6. The van der Waals surface area contributed by atoms with Gasteiger partial charge in [0.15, 0.2) is 5.52 Å². The summed E-state index contributed by atoms with van der Waals surface area (Å²) in [4.78, 5) is 31.9. The van der Waals surface area contributed by atoms with Crippen molar-refractivity contribution in [2.75, 3.05) is 6.26 Å². The highest BCUT2D eigenvalue weighted by Gasteiger charge is 2.14. The van der Waals surface area contributed by atoms with Gasteiger partial charge in [0.25, 0.3) is 5.56 Å². The van der Waals surface area contributed by atoms with Crippen LogP contribution in [0.25, 0.3) is 11.2 Å². The van der Waals surface area contributed by atoms with E-state index in [0.29, 0.717) is 4.73 Å². The second kappa shape index (κ2) is 3.66. The minimum Gasteiger partial charge on any atom is -0.281 e. The molecule has 0 fully saturated rings. The molecule has 1 N–H and O–H groups in total. The van der Waals surface area contributed by atoms with E-state index in [-0.39, 0.29) is 11.2 Å². The molecule has 0 atom stereocenters. The summed E-state index contributed by atoms with van der Waals surface area (Å²) in [7, 11) is -3.93. The van der Waals surface area contributed by atoms with Crippen molar-refractivity contribution in [2.24, 2.45) is 0 Å². The number of fused-ring (bicyclic) bond motifs is 1.